The fourth-order valence-corrected chi connectivity index (χ4v) is 1.84. The standard InChI is InChI=1S/C15H19N2/c1-10-7-15(17(5)9-12(10)3)14-8-16-13(4)6-11(14)2/h6-9H,1-5H3/q+1/i3D3,4D3. The summed E-state index contributed by atoms with van der Waals surface area (Å²) < 4.78 is 46.7. The van der Waals surface area contributed by atoms with Crippen LogP contribution in [0.3, 0.4) is 0 Å². The molecular formula is C15H19N2+. The Hall–Kier alpha value is -1.70. The van der Waals surface area contributed by atoms with Gasteiger partial charge in [-0.3, -0.25) is 4.98 Å². The molecule has 88 valence electrons. The zero-order chi connectivity index (χ0) is 17.6. The summed E-state index contributed by atoms with van der Waals surface area (Å²) in [7, 11) is 1.77. The second-order valence-corrected chi connectivity index (χ2v) is 4.25. The van der Waals surface area contributed by atoms with Crippen LogP contribution in [0.4, 0.5) is 0 Å². The molecule has 0 atom stereocenters. The average Bonchev–Trinajstić information content (AvgIpc) is 2.39. The van der Waals surface area contributed by atoms with Crippen molar-refractivity contribution in [3.8, 4) is 11.3 Å². The minimum atomic E-state index is -2.24. The molecule has 2 heteroatoms. The number of hydrogen-bond donors (Lipinski definition) is 0. The summed E-state index contributed by atoms with van der Waals surface area (Å²) in [4.78, 5) is 4.04. The molecule has 0 saturated carbocycles. The molecule has 2 heterocycles. The maximum absolute atomic E-state index is 7.57. The zero-order valence-corrected chi connectivity index (χ0v) is 10.2. The van der Waals surface area contributed by atoms with Gasteiger partial charge in [0.05, 0.1) is 5.56 Å². The summed E-state index contributed by atoms with van der Waals surface area (Å²) in [6.45, 7) is -0.838. The van der Waals surface area contributed by atoms with E-state index < -0.39 is 13.7 Å². The van der Waals surface area contributed by atoms with E-state index in [9.17, 15) is 0 Å². The van der Waals surface area contributed by atoms with Gasteiger partial charge in [0.15, 0.2) is 6.20 Å². The SMILES string of the molecule is [2H]C([2H])([2H])c1cc(C)c(-c2cc(C)c(C([2H])([2H])[2H])c[n+]2C)cn1. The molecule has 0 unspecified atom stereocenters. The number of aromatic nitrogens is 2. The number of pyridine rings is 2. The third kappa shape index (κ3) is 2.21. The Labute approximate surface area is 111 Å². The summed E-state index contributed by atoms with van der Waals surface area (Å²) in [5.41, 5.74) is 3.36. The number of nitrogens with zero attached hydrogens (tertiary/aromatic N) is 2. The minimum absolute atomic E-state index is 0.0530. The van der Waals surface area contributed by atoms with Crippen LogP contribution in [-0.4, -0.2) is 4.98 Å². The molecule has 0 radical (unpaired) electrons. The first kappa shape index (κ1) is 6.29. The van der Waals surface area contributed by atoms with Crippen LogP contribution in [0.2, 0.25) is 0 Å². The van der Waals surface area contributed by atoms with Crippen molar-refractivity contribution < 1.29 is 12.8 Å². The fraction of sp³-hybridized carbons (Fsp3) is 0.333. The maximum Gasteiger partial charge on any atom is 0.214 e. The highest BCUT2D eigenvalue weighted by Gasteiger charge is 2.14. The molecule has 0 saturated heterocycles. The molecule has 0 spiro atoms. The fourth-order valence-electron chi connectivity index (χ4n) is 1.84. The smallest absolute Gasteiger partial charge is 0.214 e. The van der Waals surface area contributed by atoms with E-state index in [2.05, 4.69) is 4.98 Å². The highest BCUT2D eigenvalue weighted by molar-refractivity contribution is 5.60. The molecular weight excluding hydrogens is 208 g/mol. The van der Waals surface area contributed by atoms with Crippen LogP contribution in [0.25, 0.3) is 11.3 Å². The van der Waals surface area contributed by atoms with E-state index in [-0.39, 0.29) is 5.69 Å². The Bertz CT molecular complexity index is 747. The lowest BCUT2D eigenvalue weighted by atomic mass is 10.0. The van der Waals surface area contributed by atoms with Crippen LogP contribution < -0.4 is 4.57 Å². The lowest BCUT2D eigenvalue weighted by Gasteiger charge is -2.07. The van der Waals surface area contributed by atoms with Gasteiger partial charge in [0.25, 0.3) is 0 Å². The van der Waals surface area contributed by atoms with Gasteiger partial charge in [0, 0.05) is 31.7 Å². The number of aryl methyl sites for hydroxylation is 5. The van der Waals surface area contributed by atoms with Crippen molar-refractivity contribution in [3.05, 3.63) is 46.9 Å². The first-order chi connectivity index (χ1) is 10.4. The molecule has 0 N–H and O–H groups in total. The topological polar surface area (TPSA) is 16.8 Å². The Balaban J connectivity index is 2.58. The molecule has 0 amide bonds. The molecule has 0 aliphatic rings. The molecule has 2 aromatic heterocycles. The van der Waals surface area contributed by atoms with Crippen molar-refractivity contribution >= 4 is 0 Å². The van der Waals surface area contributed by atoms with Gasteiger partial charge in [0.2, 0.25) is 5.69 Å². The largest absolute Gasteiger partial charge is 0.261 e. The minimum Gasteiger partial charge on any atom is -0.261 e. The van der Waals surface area contributed by atoms with Gasteiger partial charge >= 0.3 is 0 Å². The molecule has 2 rings (SSSR count). The maximum atomic E-state index is 7.57. The van der Waals surface area contributed by atoms with Crippen LogP contribution in [-0.2, 0) is 7.05 Å². The van der Waals surface area contributed by atoms with E-state index in [4.69, 9.17) is 8.22 Å². The average molecular weight is 233 g/mol. The Morgan fingerprint density at radius 1 is 1.12 bits per heavy atom. The van der Waals surface area contributed by atoms with Crippen LogP contribution >= 0.6 is 0 Å². The summed E-state index contributed by atoms with van der Waals surface area (Å²) >= 11 is 0. The van der Waals surface area contributed by atoms with Crippen molar-refractivity contribution in [2.75, 3.05) is 0 Å². The van der Waals surface area contributed by atoms with E-state index >= 15 is 0 Å². The molecule has 2 aromatic rings. The monoisotopic (exact) mass is 233 g/mol. The second-order valence-electron chi connectivity index (χ2n) is 4.25. The van der Waals surface area contributed by atoms with E-state index in [0.717, 1.165) is 16.8 Å². The van der Waals surface area contributed by atoms with Crippen LogP contribution in [0.15, 0.2) is 24.5 Å². The lowest BCUT2D eigenvalue weighted by molar-refractivity contribution is -0.660. The molecule has 0 aliphatic heterocycles. The zero-order valence-electron chi connectivity index (χ0n) is 16.2. The Morgan fingerprint density at radius 3 is 2.59 bits per heavy atom. The second kappa shape index (κ2) is 4.28. The normalized spacial score (nSPS) is 17.4. The third-order valence-corrected chi connectivity index (χ3v) is 2.87. The van der Waals surface area contributed by atoms with Gasteiger partial charge in [0.1, 0.15) is 7.05 Å². The van der Waals surface area contributed by atoms with Crippen molar-refractivity contribution in [2.24, 2.45) is 7.05 Å². The van der Waals surface area contributed by atoms with E-state index in [1.165, 1.54) is 6.20 Å². The van der Waals surface area contributed by atoms with Crippen molar-refractivity contribution in [1.82, 2.24) is 4.98 Å². The molecule has 0 aliphatic carbocycles. The number of rotatable bonds is 1. The van der Waals surface area contributed by atoms with Crippen molar-refractivity contribution in [3.63, 3.8) is 0 Å². The van der Waals surface area contributed by atoms with Crippen LogP contribution in [0.5, 0.6) is 0 Å². The summed E-state index contributed by atoms with van der Waals surface area (Å²) in [6, 6.07) is 3.34. The van der Waals surface area contributed by atoms with E-state index in [1.54, 1.807) is 36.9 Å². The number of hydrogen-bond acceptors (Lipinski definition) is 1. The van der Waals surface area contributed by atoms with E-state index in [1.807, 2.05) is 6.92 Å². The van der Waals surface area contributed by atoms with Gasteiger partial charge in [-0.2, -0.15) is 0 Å². The van der Waals surface area contributed by atoms with Crippen molar-refractivity contribution in [1.29, 1.82) is 0 Å². The van der Waals surface area contributed by atoms with Gasteiger partial charge in [-0.15, -0.1) is 0 Å². The summed E-state index contributed by atoms with van der Waals surface area (Å²) in [5.74, 6) is 0. The molecule has 0 bridgehead atoms. The highest BCUT2D eigenvalue weighted by Crippen LogP contribution is 2.21. The van der Waals surface area contributed by atoms with Crippen LogP contribution in [0, 0.1) is 27.6 Å². The van der Waals surface area contributed by atoms with Crippen molar-refractivity contribution in [2.45, 2.75) is 27.6 Å². The Kier molecular flexibility index (Phi) is 1.59. The molecule has 2 nitrogen and oxygen atoms in total. The predicted molar refractivity (Wildman–Crippen MR) is 69.8 cm³/mol. The Morgan fingerprint density at radius 2 is 1.94 bits per heavy atom. The quantitative estimate of drug-likeness (QED) is 0.692. The first-order valence-corrected chi connectivity index (χ1v) is 5.39. The van der Waals surface area contributed by atoms with Gasteiger partial charge < -0.3 is 0 Å². The third-order valence-electron chi connectivity index (χ3n) is 2.87. The summed E-state index contributed by atoms with van der Waals surface area (Å²) in [6.07, 6.45) is 3.12. The van der Waals surface area contributed by atoms with Gasteiger partial charge in [-0.1, -0.05) is 0 Å². The first-order valence-electron chi connectivity index (χ1n) is 8.39. The summed E-state index contributed by atoms with van der Waals surface area (Å²) in [5, 5.41) is 0. The van der Waals surface area contributed by atoms with Gasteiger partial charge in [-0.05, 0) is 44.7 Å². The highest BCUT2D eigenvalue weighted by atomic mass is 14.9. The van der Waals surface area contributed by atoms with Crippen LogP contribution in [0.1, 0.15) is 30.6 Å². The molecule has 17 heavy (non-hydrogen) atoms. The molecule has 0 fully saturated rings. The predicted octanol–water partition coefficient (Wildman–Crippen LogP) is 2.81. The lowest BCUT2D eigenvalue weighted by Crippen LogP contribution is -2.31. The molecule has 0 aromatic carbocycles. The van der Waals surface area contributed by atoms with Gasteiger partial charge in [-0.25, -0.2) is 4.57 Å². The van der Waals surface area contributed by atoms with E-state index in [0.29, 0.717) is 11.1 Å².